The molecule has 2 aromatic rings. The smallest absolute Gasteiger partial charge is 0.411 e. The van der Waals surface area contributed by atoms with Crippen molar-refractivity contribution >= 4 is 12.1 Å². The number of carboxylic acids is 1. The molecule has 0 aliphatic carbocycles. The van der Waals surface area contributed by atoms with E-state index in [1.54, 1.807) is 20.8 Å². The summed E-state index contributed by atoms with van der Waals surface area (Å²) < 4.78 is 5.32. The van der Waals surface area contributed by atoms with Gasteiger partial charge in [0.25, 0.3) is 0 Å². The second kappa shape index (κ2) is 6.74. The predicted molar refractivity (Wildman–Crippen MR) is 91.3 cm³/mol. The minimum Gasteiger partial charge on any atom is -0.480 e. The number of rotatable bonds is 3. The van der Waals surface area contributed by atoms with Gasteiger partial charge in [0, 0.05) is 18.5 Å². The number of aromatic nitrogens is 4. The zero-order valence-electron chi connectivity index (χ0n) is 14.9. The van der Waals surface area contributed by atoms with Gasteiger partial charge in [-0.3, -0.25) is 4.90 Å². The number of hydrogen-bond acceptors (Lipinski definition) is 6. The number of carboxylic acid groups (broad SMARTS) is 1. The monoisotopic (exact) mass is 359 g/mol. The standard InChI is InChI=1S/C17H21N5O4/c1-17(2,3)26-16(25)21-10-12(9-13(21)15(23)24)22-19-14(18-20-22)11-7-5-4-6-8-11/h4-8,12-13H,9-10H2,1-3H3,(H,23,24). The molecule has 9 heteroatoms. The molecule has 0 spiro atoms. The van der Waals surface area contributed by atoms with Gasteiger partial charge in [0.1, 0.15) is 11.6 Å². The summed E-state index contributed by atoms with van der Waals surface area (Å²) in [6.45, 7) is 5.36. The molecule has 0 radical (unpaired) electrons. The molecular weight excluding hydrogens is 338 g/mol. The van der Waals surface area contributed by atoms with E-state index in [-0.39, 0.29) is 19.0 Å². The second-order valence-electron chi connectivity index (χ2n) is 7.18. The summed E-state index contributed by atoms with van der Waals surface area (Å²) in [5, 5.41) is 21.9. The van der Waals surface area contributed by atoms with Gasteiger partial charge in [-0.05, 0) is 26.0 Å². The molecule has 1 aromatic carbocycles. The van der Waals surface area contributed by atoms with Gasteiger partial charge in [-0.25, -0.2) is 9.59 Å². The molecule has 2 heterocycles. The normalized spacial score (nSPS) is 20.2. The van der Waals surface area contributed by atoms with Gasteiger partial charge >= 0.3 is 12.1 Å². The third-order valence-corrected chi connectivity index (χ3v) is 3.98. The Morgan fingerprint density at radius 2 is 1.92 bits per heavy atom. The Labute approximate surface area is 150 Å². The van der Waals surface area contributed by atoms with E-state index in [2.05, 4.69) is 15.4 Å². The fraction of sp³-hybridized carbons (Fsp3) is 0.471. The molecule has 1 aromatic heterocycles. The molecule has 1 saturated heterocycles. The van der Waals surface area contributed by atoms with Crippen LogP contribution in [0.1, 0.15) is 33.2 Å². The average molecular weight is 359 g/mol. The van der Waals surface area contributed by atoms with Gasteiger partial charge in [-0.2, -0.15) is 4.80 Å². The van der Waals surface area contributed by atoms with Crippen LogP contribution in [-0.4, -0.2) is 60.5 Å². The fourth-order valence-corrected chi connectivity index (χ4v) is 2.82. The van der Waals surface area contributed by atoms with Crippen molar-refractivity contribution in [3.05, 3.63) is 30.3 Å². The Balaban J connectivity index is 1.79. The zero-order chi connectivity index (χ0) is 18.9. The molecule has 1 N–H and O–H groups in total. The molecular formula is C17H21N5O4. The first-order valence-corrected chi connectivity index (χ1v) is 8.32. The molecule has 1 amide bonds. The van der Waals surface area contributed by atoms with Crippen LogP contribution in [0.25, 0.3) is 11.4 Å². The number of likely N-dealkylation sites (tertiary alicyclic amines) is 1. The minimum atomic E-state index is -1.08. The molecule has 26 heavy (non-hydrogen) atoms. The van der Waals surface area contributed by atoms with Crippen molar-refractivity contribution in [1.82, 2.24) is 25.1 Å². The van der Waals surface area contributed by atoms with Crippen LogP contribution in [0.3, 0.4) is 0 Å². The van der Waals surface area contributed by atoms with Crippen LogP contribution in [0.2, 0.25) is 0 Å². The van der Waals surface area contributed by atoms with Crippen molar-refractivity contribution in [2.24, 2.45) is 0 Å². The molecule has 0 bridgehead atoms. The van der Waals surface area contributed by atoms with E-state index >= 15 is 0 Å². The van der Waals surface area contributed by atoms with E-state index in [9.17, 15) is 14.7 Å². The summed E-state index contributed by atoms with van der Waals surface area (Å²) in [4.78, 5) is 26.5. The van der Waals surface area contributed by atoms with Crippen LogP contribution < -0.4 is 0 Å². The number of carbonyl (C=O) groups is 2. The van der Waals surface area contributed by atoms with Crippen LogP contribution in [-0.2, 0) is 9.53 Å². The molecule has 1 aliphatic rings. The lowest BCUT2D eigenvalue weighted by molar-refractivity contribution is -0.142. The third kappa shape index (κ3) is 3.81. The number of aliphatic carboxylic acids is 1. The van der Waals surface area contributed by atoms with Crippen LogP contribution in [0.4, 0.5) is 4.79 Å². The van der Waals surface area contributed by atoms with Gasteiger partial charge in [-0.15, -0.1) is 10.2 Å². The highest BCUT2D eigenvalue weighted by atomic mass is 16.6. The van der Waals surface area contributed by atoms with E-state index in [4.69, 9.17) is 4.74 Å². The summed E-state index contributed by atoms with van der Waals surface area (Å²) in [6.07, 6.45) is -0.463. The van der Waals surface area contributed by atoms with Crippen LogP contribution >= 0.6 is 0 Å². The number of tetrazole rings is 1. The van der Waals surface area contributed by atoms with Crippen molar-refractivity contribution in [2.75, 3.05) is 6.54 Å². The lowest BCUT2D eigenvalue weighted by Crippen LogP contribution is -2.43. The quantitative estimate of drug-likeness (QED) is 0.892. The maximum absolute atomic E-state index is 12.4. The van der Waals surface area contributed by atoms with Crippen LogP contribution in [0.5, 0.6) is 0 Å². The highest BCUT2D eigenvalue weighted by Gasteiger charge is 2.43. The van der Waals surface area contributed by atoms with Crippen molar-refractivity contribution in [3.8, 4) is 11.4 Å². The van der Waals surface area contributed by atoms with Gasteiger partial charge in [0.2, 0.25) is 5.82 Å². The SMILES string of the molecule is CC(C)(C)OC(=O)N1CC(n2nnc(-c3ccccc3)n2)CC1C(=O)O. The average Bonchev–Trinajstić information content (AvgIpc) is 3.21. The van der Waals surface area contributed by atoms with Gasteiger partial charge in [0.15, 0.2) is 0 Å². The first kappa shape index (κ1) is 17.8. The molecule has 2 unspecified atom stereocenters. The van der Waals surface area contributed by atoms with Gasteiger partial charge < -0.3 is 9.84 Å². The Morgan fingerprint density at radius 3 is 2.54 bits per heavy atom. The lowest BCUT2D eigenvalue weighted by Gasteiger charge is -2.26. The summed E-state index contributed by atoms with van der Waals surface area (Å²) in [5.74, 6) is -0.630. The van der Waals surface area contributed by atoms with Gasteiger partial charge in [0.05, 0.1) is 6.04 Å². The van der Waals surface area contributed by atoms with E-state index in [1.807, 2.05) is 30.3 Å². The van der Waals surface area contributed by atoms with E-state index < -0.39 is 23.7 Å². The van der Waals surface area contributed by atoms with Crippen molar-refractivity contribution in [2.45, 2.75) is 44.9 Å². The Morgan fingerprint density at radius 1 is 1.23 bits per heavy atom. The molecule has 9 nitrogen and oxygen atoms in total. The Kier molecular flexibility index (Phi) is 4.62. The van der Waals surface area contributed by atoms with Crippen LogP contribution in [0, 0.1) is 0 Å². The minimum absolute atomic E-state index is 0.149. The van der Waals surface area contributed by atoms with E-state index in [1.165, 1.54) is 9.70 Å². The summed E-state index contributed by atoms with van der Waals surface area (Å²) >= 11 is 0. The molecule has 1 fully saturated rings. The number of ether oxygens (including phenoxy) is 1. The highest BCUT2D eigenvalue weighted by molar-refractivity contribution is 5.81. The van der Waals surface area contributed by atoms with E-state index in [0.717, 1.165) is 5.56 Å². The maximum atomic E-state index is 12.4. The van der Waals surface area contributed by atoms with Crippen molar-refractivity contribution in [1.29, 1.82) is 0 Å². The zero-order valence-corrected chi connectivity index (χ0v) is 14.9. The Bertz CT molecular complexity index is 799. The summed E-state index contributed by atoms with van der Waals surface area (Å²) in [5.41, 5.74) is 0.111. The van der Waals surface area contributed by atoms with Crippen molar-refractivity contribution < 1.29 is 19.4 Å². The fourth-order valence-electron chi connectivity index (χ4n) is 2.82. The highest BCUT2D eigenvalue weighted by Crippen LogP contribution is 2.28. The number of nitrogens with zero attached hydrogens (tertiary/aromatic N) is 5. The lowest BCUT2D eigenvalue weighted by atomic mass is 10.2. The number of carbonyl (C=O) groups excluding carboxylic acids is 1. The molecule has 1 aliphatic heterocycles. The predicted octanol–water partition coefficient (Wildman–Crippen LogP) is 1.98. The van der Waals surface area contributed by atoms with Gasteiger partial charge in [-0.1, -0.05) is 30.3 Å². The Hall–Kier alpha value is -2.97. The maximum Gasteiger partial charge on any atom is 0.411 e. The largest absolute Gasteiger partial charge is 0.480 e. The van der Waals surface area contributed by atoms with Crippen LogP contribution in [0.15, 0.2) is 30.3 Å². The third-order valence-electron chi connectivity index (χ3n) is 3.98. The first-order chi connectivity index (χ1) is 12.2. The number of benzene rings is 1. The summed E-state index contributed by atoms with van der Waals surface area (Å²) in [6, 6.07) is 7.99. The van der Waals surface area contributed by atoms with Crippen molar-refractivity contribution in [3.63, 3.8) is 0 Å². The second-order valence-corrected chi connectivity index (χ2v) is 7.18. The number of amides is 1. The molecule has 0 saturated carbocycles. The van der Waals surface area contributed by atoms with E-state index in [0.29, 0.717) is 5.82 Å². The number of hydrogen-bond donors (Lipinski definition) is 1. The molecule has 138 valence electrons. The molecule has 2 atom stereocenters. The topological polar surface area (TPSA) is 110 Å². The first-order valence-electron chi connectivity index (χ1n) is 8.32. The molecule has 3 rings (SSSR count). The summed E-state index contributed by atoms with van der Waals surface area (Å²) in [7, 11) is 0.